The molecule has 2 heterocycles. The second kappa shape index (κ2) is 16.0. The lowest BCUT2D eigenvalue weighted by atomic mass is 9.89. The fraction of sp³-hybridized carbons (Fsp3) is 0.533. The van der Waals surface area contributed by atoms with E-state index in [0.717, 1.165) is 61.1 Å². The van der Waals surface area contributed by atoms with Crippen LogP contribution in [0.1, 0.15) is 75.0 Å². The van der Waals surface area contributed by atoms with Gasteiger partial charge in [-0.25, -0.2) is 28.4 Å². The SMILES string of the molecule is Cc1ccc(S(=O)(=O)Cl)cc1.Cc1cnc(OC2CCC(C)CC2)nc1.Cc1cnc(OC2CCC(O)CC2)nc1. The van der Waals surface area contributed by atoms with E-state index in [4.69, 9.17) is 20.2 Å². The zero-order chi connectivity index (χ0) is 29.8. The van der Waals surface area contributed by atoms with Gasteiger partial charge in [0, 0.05) is 35.5 Å². The van der Waals surface area contributed by atoms with Crippen LogP contribution in [-0.4, -0.2) is 51.8 Å². The van der Waals surface area contributed by atoms with Gasteiger partial charge >= 0.3 is 12.0 Å². The summed E-state index contributed by atoms with van der Waals surface area (Å²) in [7, 11) is 1.54. The van der Waals surface area contributed by atoms with E-state index in [2.05, 4.69) is 26.9 Å². The topological polar surface area (TPSA) is 124 Å². The largest absolute Gasteiger partial charge is 0.460 e. The summed E-state index contributed by atoms with van der Waals surface area (Å²) in [6.45, 7) is 8.11. The Balaban J connectivity index is 0.000000172. The first kappa shape index (κ1) is 32.7. The summed E-state index contributed by atoms with van der Waals surface area (Å²) in [6.07, 6.45) is 15.6. The summed E-state index contributed by atoms with van der Waals surface area (Å²) in [4.78, 5) is 16.7. The molecule has 2 aliphatic rings. The Hall–Kier alpha value is -2.82. The number of nitrogens with zero attached hydrogens (tertiary/aromatic N) is 4. The second-order valence-electron chi connectivity index (χ2n) is 10.9. The van der Waals surface area contributed by atoms with Crippen LogP contribution < -0.4 is 9.47 Å². The van der Waals surface area contributed by atoms with E-state index in [0.29, 0.717) is 18.1 Å². The smallest absolute Gasteiger partial charge is 0.316 e. The summed E-state index contributed by atoms with van der Waals surface area (Å²) in [5.74, 6) is 0.851. The maximum Gasteiger partial charge on any atom is 0.316 e. The molecule has 1 N–H and O–H groups in total. The van der Waals surface area contributed by atoms with Gasteiger partial charge in [0.15, 0.2) is 0 Å². The molecule has 0 unspecified atom stereocenters. The van der Waals surface area contributed by atoms with Gasteiger partial charge in [-0.05, 0) is 101 Å². The Morgan fingerprint density at radius 3 is 1.46 bits per heavy atom. The van der Waals surface area contributed by atoms with E-state index in [9.17, 15) is 13.5 Å². The Kier molecular flexibility index (Phi) is 12.7. The molecular formula is C30H41ClN4O5S. The molecule has 0 aliphatic heterocycles. The molecule has 0 saturated heterocycles. The number of hydrogen-bond donors (Lipinski definition) is 1. The lowest BCUT2D eigenvalue weighted by Gasteiger charge is -2.25. The van der Waals surface area contributed by atoms with Crippen molar-refractivity contribution in [2.45, 2.75) is 102 Å². The standard InChI is InChI=1S/C12H18N2O.C11H16N2O2.C7H7ClO2S/c1-9-3-5-11(6-4-9)15-12-13-7-10(2)8-14-12;1-8-6-12-11(13-7-8)15-10-4-2-9(14)3-5-10;1-6-2-4-7(5-3-6)11(8,9)10/h7-9,11H,3-6H2,1-2H3;6-7,9-10,14H,2-5H2,1H3;2-5H,1H3. The fourth-order valence-electron chi connectivity index (χ4n) is 4.39. The first-order valence-corrected chi connectivity index (χ1v) is 16.4. The van der Waals surface area contributed by atoms with Crippen LogP contribution in [0, 0.1) is 26.7 Å². The summed E-state index contributed by atoms with van der Waals surface area (Å²) >= 11 is 0. The van der Waals surface area contributed by atoms with Crippen LogP contribution >= 0.6 is 10.7 Å². The molecule has 9 nitrogen and oxygen atoms in total. The summed E-state index contributed by atoms with van der Waals surface area (Å²) < 4.78 is 32.8. The maximum absolute atomic E-state index is 10.7. The van der Waals surface area contributed by atoms with Gasteiger partial charge in [-0.15, -0.1) is 0 Å². The molecule has 3 aromatic rings. The molecule has 2 aromatic heterocycles. The Morgan fingerprint density at radius 2 is 1.07 bits per heavy atom. The number of aliphatic hydroxyl groups excluding tert-OH is 1. The molecule has 224 valence electrons. The van der Waals surface area contributed by atoms with Gasteiger partial charge < -0.3 is 14.6 Å². The van der Waals surface area contributed by atoms with Crippen molar-refractivity contribution >= 4 is 19.7 Å². The molecule has 0 spiro atoms. The van der Waals surface area contributed by atoms with Gasteiger partial charge in [-0.2, -0.15) is 0 Å². The van der Waals surface area contributed by atoms with Crippen molar-refractivity contribution in [1.82, 2.24) is 19.9 Å². The highest BCUT2D eigenvalue weighted by molar-refractivity contribution is 8.13. The number of hydrogen-bond acceptors (Lipinski definition) is 9. The van der Waals surface area contributed by atoms with Crippen LogP contribution in [0.5, 0.6) is 12.0 Å². The number of benzene rings is 1. The summed E-state index contributed by atoms with van der Waals surface area (Å²) in [6, 6.07) is 7.35. The average Bonchev–Trinajstić information content (AvgIpc) is 2.94. The third-order valence-electron chi connectivity index (χ3n) is 6.97. The number of rotatable bonds is 5. The molecule has 0 atom stereocenters. The Morgan fingerprint density at radius 1 is 0.683 bits per heavy atom. The van der Waals surface area contributed by atoms with Gasteiger partial charge in [0.25, 0.3) is 9.05 Å². The highest BCUT2D eigenvalue weighted by Crippen LogP contribution is 2.26. The molecule has 5 rings (SSSR count). The predicted octanol–water partition coefficient (Wildman–Crippen LogP) is 6.13. The molecule has 41 heavy (non-hydrogen) atoms. The van der Waals surface area contributed by atoms with Crippen LogP contribution in [0.2, 0.25) is 0 Å². The quantitative estimate of drug-likeness (QED) is 0.342. The minimum absolute atomic E-state index is 0.143. The maximum atomic E-state index is 10.7. The minimum atomic E-state index is -3.55. The van der Waals surface area contributed by atoms with Crippen molar-refractivity contribution in [2.75, 3.05) is 0 Å². The zero-order valence-electron chi connectivity index (χ0n) is 24.2. The molecule has 0 amide bonds. The highest BCUT2D eigenvalue weighted by atomic mass is 35.7. The molecule has 11 heteroatoms. The monoisotopic (exact) mass is 604 g/mol. The molecule has 0 radical (unpaired) electrons. The van der Waals surface area contributed by atoms with Crippen molar-refractivity contribution < 1.29 is 23.0 Å². The number of aromatic nitrogens is 4. The lowest BCUT2D eigenvalue weighted by Crippen LogP contribution is -2.27. The zero-order valence-corrected chi connectivity index (χ0v) is 25.8. The second-order valence-corrected chi connectivity index (χ2v) is 13.5. The van der Waals surface area contributed by atoms with Gasteiger partial charge in [0.1, 0.15) is 12.2 Å². The van der Waals surface area contributed by atoms with Crippen molar-refractivity contribution in [3.63, 3.8) is 0 Å². The van der Waals surface area contributed by atoms with Crippen LogP contribution in [0.3, 0.4) is 0 Å². The Labute approximate surface area is 248 Å². The van der Waals surface area contributed by atoms with E-state index < -0.39 is 9.05 Å². The Bertz CT molecular complexity index is 1210. The van der Waals surface area contributed by atoms with E-state index in [1.165, 1.54) is 25.0 Å². The molecule has 2 saturated carbocycles. The van der Waals surface area contributed by atoms with Gasteiger partial charge in [-0.3, -0.25) is 0 Å². The minimum Gasteiger partial charge on any atom is -0.460 e. The van der Waals surface area contributed by atoms with Gasteiger partial charge in [0.2, 0.25) is 0 Å². The predicted molar refractivity (Wildman–Crippen MR) is 159 cm³/mol. The van der Waals surface area contributed by atoms with E-state index in [-0.39, 0.29) is 17.1 Å². The van der Waals surface area contributed by atoms with Crippen LogP contribution in [0.25, 0.3) is 0 Å². The van der Waals surface area contributed by atoms with Crippen molar-refractivity contribution in [1.29, 1.82) is 0 Å². The molecular weight excluding hydrogens is 564 g/mol. The lowest BCUT2D eigenvalue weighted by molar-refractivity contribution is 0.0618. The number of ether oxygens (including phenoxy) is 2. The van der Waals surface area contributed by atoms with Gasteiger partial charge in [0.05, 0.1) is 11.0 Å². The molecule has 1 aromatic carbocycles. The van der Waals surface area contributed by atoms with Crippen LogP contribution in [0.4, 0.5) is 0 Å². The number of aliphatic hydroxyl groups is 1. The third-order valence-corrected chi connectivity index (χ3v) is 8.34. The number of halogens is 1. The van der Waals surface area contributed by atoms with Crippen LogP contribution in [-0.2, 0) is 9.05 Å². The molecule has 2 fully saturated rings. The molecule has 0 bridgehead atoms. The van der Waals surface area contributed by atoms with Crippen LogP contribution in [0.15, 0.2) is 53.9 Å². The normalized spacial score (nSPS) is 22.3. The van der Waals surface area contributed by atoms with E-state index in [1.54, 1.807) is 36.9 Å². The number of aryl methyl sites for hydroxylation is 3. The van der Waals surface area contributed by atoms with Crippen molar-refractivity contribution in [3.8, 4) is 12.0 Å². The summed E-state index contributed by atoms with van der Waals surface area (Å²) in [5.41, 5.74) is 3.11. The van der Waals surface area contributed by atoms with Gasteiger partial charge in [-0.1, -0.05) is 24.6 Å². The van der Waals surface area contributed by atoms with Crippen molar-refractivity contribution in [3.05, 3.63) is 65.7 Å². The first-order valence-electron chi connectivity index (χ1n) is 14.1. The third kappa shape index (κ3) is 12.3. The fourth-order valence-corrected chi connectivity index (χ4v) is 5.16. The van der Waals surface area contributed by atoms with E-state index >= 15 is 0 Å². The van der Waals surface area contributed by atoms with Crippen molar-refractivity contribution in [2.24, 2.45) is 5.92 Å². The molecule has 2 aliphatic carbocycles. The average molecular weight is 605 g/mol. The summed E-state index contributed by atoms with van der Waals surface area (Å²) in [5, 5.41) is 9.34. The van der Waals surface area contributed by atoms with E-state index in [1.807, 2.05) is 20.8 Å². The first-order chi connectivity index (χ1) is 19.5. The highest BCUT2D eigenvalue weighted by Gasteiger charge is 2.21.